The molecule has 112 valence electrons. The van der Waals surface area contributed by atoms with Gasteiger partial charge in [0, 0.05) is 17.3 Å². The number of nitrogens with one attached hydrogen (secondary N) is 2. The van der Waals surface area contributed by atoms with Gasteiger partial charge in [-0.2, -0.15) is 0 Å². The number of rotatable bonds is 5. The summed E-state index contributed by atoms with van der Waals surface area (Å²) in [5, 5.41) is 3.65. The molecule has 0 unspecified atom stereocenters. The molecule has 5 heteroatoms. The second kappa shape index (κ2) is 6.43. The first-order chi connectivity index (χ1) is 10.1. The van der Waals surface area contributed by atoms with Crippen LogP contribution in [-0.4, -0.2) is 23.5 Å². The predicted molar refractivity (Wildman–Crippen MR) is 82.5 cm³/mol. The van der Waals surface area contributed by atoms with Crippen molar-refractivity contribution < 1.29 is 14.3 Å². The highest BCUT2D eigenvalue weighted by Gasteiger charge is 2.20. The van der Waals surface area contributed by atoms with Crippen LogP contribution in [0.1, 0.15) is 42.7 Å². The zero-order chi connectivity index (χ0) is 15.4. The van der Waals surface area contributed by atoms with Crippen LogP contribution in [0.4, 0.5) is 5.69 Å². The topological polar surface area (TPSA) is 71.2 Å². The van der Waals surface area contributed by atoms with Crippen molar-refractivity contribution in [2.24, 2.45) is 0 Å². The van der Waals surface area contributed by atoms with Crippen LogP contribution >= 0.6 is 0 Å². The molecule has 0 saturated carbocycles. The van der Waals surface area contributed by atoms with Crippen LogP contribution in [0.15, 0.2) is 18.2 Å². The van der Waals surface area contributed by atoms with Crippen LogP contribution in [0.25, 0.3) is 10.9 Å². The van der Waals surface area contributed by atoms with E-state index >= 15 is 0 Å². The molecule has 2 rings (SSSR count). The molecule has 0 radical (unpaired) electrons. The molecule has 5 nitrogen and oxygen atoms in total. The molecule has 21 heavy (non-hydrogen) atoms. The van der Waals surface area contributed by atoms with E-state index in [0.717, 1.165) is 22.9 Å². The Morgan fingerprint density at radius 3 is 2.71 bits per heavy atom. The summed E-state index contributed by atoms with van der Waals surface area (Å²) in [4.78, 5) is 27.0. The third kappa shape index (κ3) is 3.24. The van der Waals surface area contributed by atoms with Crippen molar-refractivity contribution in [2.75, 3.05) is 11.9 Å². The average Bonchev–Trinajstić information content (AvgIpc) is 2.78. The summed E-state index contributed by atoms with van der Waals surface area (Å²) >= 11 is 0. The molecule has 2 N–H and O–H groups in total. The maximum absolute atomic E-state index is 12.1. The quantitative estimate of drug-likeness (QED) is 0.828. The third-order valence-electron chi connectivity index (χ3n) is 3.18. The SMILES string of the molecule is CCCC(=O)Nc1c(C(=O)OCC)[nH]c2ccc(C)cc12. The minimum absolute atomic E-state index is 0.106. The maximum atomic E-state index is 12.1. The summed E-state index contributed by atoms with van der Waals surface area (Å²) in [6.45, 7) is 5.94. The van der Waals surface area contributed by atoms with E-state index in [0.29, 0.717) is 17.8 Å². The number of esters is 1. The number of carbonyl (C=O) groups is 2. The number of hydrogen-bond acceptors (Lipinski definition) is 3. The Balaban J connectivity index is 2.50. The number of carbonyl (C=O) groups excluding carboxylic acids is 2. The molecule has 0 bridgehead atoms. The van der Waals surface area contributed by atoms with Gasteiger partial charge < -0.3 is 15.0 Å². The van der Waals surface area contributed by atoms with E-state index in [4.69, 9.17) is 4.74 Å². The Morgan fingerprint density at radius 1 is 1.29 bits per heavy atom. The number of hydrogen-bond donors (Lipinski definition) is 2. The van der Waals surface area contributed by atoms with Gasteiger partial charge in [-0.3, -0.25) is 4.79 Å². The Kier molecular flexibility index (Phi) is 4.62. The predicted octanol–water partition coefficient (Wildman–Crippen LogP) is 3.39. The van der Waals surface area contributed by atoms with E-state index in [1.807, 2.05) is 32.0 Å². The third-order valence-corrected chi connectivity index (χ3v) is 3.18. The molecule has 1 aromatic heterocycles. The van der Waals surface area contributed by atoms with Gasteiger partial charge in [-0.05, 0) is 32.4 Å². The second-order valence-corrected chi connectivity index (χ2v) is 4.94. The van der Waals surface area contributed by atoms with E-state index < -0.39 is 5.97 Å². The normalized spacial score (nSPS) is 10.6. The standard InChI is InChI=1S/C16H20N2O3/c1-4-6-13(19)18-14-11-9-10(3)7-8-12(11)17-15(14)16(20)21-5-2/h7-9,17H,4-6H2,1-3H3,(H,18,19). The van der Waals surface area contributed by atoms with E-state index in [9.17, 15) is 9.59 Å². The molecule has 0 atom stereocenters. The molecule has 1 heterocycles. The number of amides is 1. The summed E-state index contributed by atoms with van der Waals surface area (Å²) in [5.41, 5.74) is 2.66. The fourth-order valence-electron chi connectivity index (χ4n) is 2.22. The van der Waals surface area contributed by atoms with Crippen LogP contribution in [-0.2, 0) is 9.53 Å². The Labute approximate surface area is 123 Å². The van der Waals surface area contributed by atoms with Crippen LogP contribution in [0.3, 0.4) is 0 Å². The molecule has 0 fully saturated rings. The van der Waals surface area contributed by atoms with E-state index in [-0.39, 0.29) is 12.5 Å². The molecule has 0 saturated heterocycles. The zero-order valence-corrected chi connectivity index (χ0v) is 12.6. The Bertz CT molecular complexity index is 673. The van der Waals surface area contributed by atoms with Crippen LogP contribution < -0.4 is 5.32 Å². The Hall–Kier alpha value is -2.30. The van der Waals surface area contributed by atoms with Gasteiger partial charge in [0.2, 0.25) is 5.91 Å². The number of H-pyrrole nitrogens is 1. The van der Waals surface area contributed by atoms with Gasteiger partial charge in [0.05, 0.1) is 12.3 Å². The van der Waals surface area contributed by atoms with Crippen molar-refractivity contribution in [3.05, 3.63) is 29.5 Å². The highest BCUT2D eigenvalue weighted by Crippen LogP contribution is 2.29. The van der Waals surface area contributed by atoms with Gasteiger partial charge in [-0.25, -0.2) is 4.79 Å². The number of aromatic nitrogens is 1. The monoisotopic (exact) mass is 288 g/mol. The van der Waals surface area contributed by atoms with Gasteiger partial charge in [0.1, 0.15) is 5.69 Å². The van der Waals surface area contributed by atoms with Crippen molar-refractivity contribution in [2.45, 2.75) is 33.6 Å². The number of aryl methyl sites for hydroxylation is 1. The average molecular weight is 288 g/mol. The number of fused-ring (bicyclic) bond motifs is 1. The van der Waals surface area contributed by atoms with E-state index in [1.54, 1.807) is 6.92 Å². The Morgan fingerprint density at radius 2 is 2.05 bits per heavy atom. The summed E-state index contributed by atoms with van der Waals surface area (Å²) < 4.78 is 5.05. The van der Waals surface area contributed by atoms with Crippen molar-refractivity contribution in [3.63, 3.8) is 0 Å². The minimum Gasteiger partial charge on any atom is -0.461 e. The van der Waals surface area contributed by atoms with Crippen molar-refractivity contribution >= 4 is 28.5 Å². The lowest BCUT2D eigenvalue weighted by atomic mass is 10.1. The lowest BCUT2D eigenvalue weighted by Crippen LogP contribution is -2.14. The summed E-state index contributed by atoms with van der Waals surface area (Å²) in [5.74, 6) is -0.566. The molecule has 0 aliphatic rings. The summed E-state index contributed by atoms with van der Waals surface area (Å²) in [7, 11) is 0. The lowest BCUT2D eigenvalue weighted by molar-refractivity contribution is -0.116. The highest BCUT2D eigenvalue weighted by atomic mass is 16.5. The molecule has 0 aliphatic heterocycles. The molecule has 2 aromatic rings. The summed E-state index contributed by atoms with van der Waals surface area (Å²) in [6.07, 6.45) is 1.17. The van der Waals surface area contributed by atoms with Gasteiger partial charge in [-0.1, -0.05) is 18.6 Å². The summed E-state index contributed by atoms with van der Waals surface area (Å²) in [6, 6.07) is 5.78. The first-order valence-electron chi connectivity index (χ1n) is 7.16. The lowest BCUT2D eigenvalue weighted by Gasteiger charge is -2.06. The molecular weight excluding hydrogens is 268 g/mol. The number of anilines is 1. The number of aromatic amines is 1. The molecule has 0 spiro atoms. The van der Waals surface area contributed by atoms with Gasteiger partial charge in [-0.15, -0.1) is 0 Å². The number of ether oxygens (including phenoxy) is 1. The van der Waals surface area contributed by atoms with Gasteiger partial charge in [0.15, 0.2) is 0 Å². The first kappa shape index (κ1) is 15.1. The van der Waals surface area contributed by atoms with Crippen LogP contribution in [0.2, 0.25) is 0 Å². The second-order valence-electron chi connectivity index (χ2n) is 4.94. The molecule has 0 aliphatic carbocycles. The van der Waals surface area contributed by atoms with Gasteiger partial charge >= 0.3 is 5.97 Å². The van der Waals surface area contributed by atoms with Gasteiger partial charge in [0.25, 0.3) is 0 Å². The molecular formula is C16H20N2O3. The number of benzene rings is 1. The minimum atomic E-state index is -0.460. The van der Waals surface area contributed by atoms with Crippen LogP contribution in [0, 0.1) is 6.92 Å². The van der Waals surface area contributed by atoms with E-state index in [2.05, 4.69) is 10.3 Å². The zero-order valence-electron chi connectivity index (χ0n) is 12.6. The first-order valence-corrected chi connectivity index (χ1v) is 7.16. The van der Waals surface area contributed by atoms with E-state index in [1.165, 1.54) is 0 Å². The highest BCUT2D eigenvalue weighted by molar-refractivity contribution is 6.11. The van der Waals surface area contributed by atoms with Crippen molar-refractivity contribution in [1.29, 1.82) is 0 Å². The molecule has 1 amide bonds. The maximum Gasteiger partial charge on any atom is 0.356 e. The fourth-order valence-corrected chi connectivity index (χ4v) is 2.22. The van der Waals surface area contributed by atoms with Crippen molar-refractivity contribution in [1.82, 2.24) is 4.98 Å². The van der Waals surface area contributed by atoms with Crippen molar-refractivity contribution in [3.8, 4) is 0 Å². The van der Waals surface area contributed by atoms with Crippen LogP contribution in [0.5, 0.6) is 0 Å². The molecule has 1 aromatic carbocycles. The fraction of sp³-hybridized carbons (Fsp3) is 0.375. The largest absolute Gasteiger partial charge is 0.461 e. The smallest absolute Gasteiger partial charge is 0.356 e.